The highest BCUT2D eigenvalue weighted by Crippen LogP contribution is 2.36. The summed E-state index contributed by atoms with van der Waals surface area (Å²) in [5, 5.41) is 23.8. The molecule has 0 aromatic heterocycles. The Morgan fingerprint density at radius 1 is 1.45 bits per heavy atom. The fraction of sp³-hybridized carbons (Fsp3) is 0.571. The Morgan fingerprint density at radius 2 is 2.15 bits per heavy atom. The first-order chi connectivity index (χ1) is 9.47. The average molecular weight is 282 g/mol. The van der Waals surface area contributed by atoms with E-state index < -0.39 is 10.5 Å². The van der Waals surface area contributed by atoms with Gasteiger partial charge in [-0.1, -0.05) is 19.9 Å². The number of nitro groups is 1. The highest BCUT2D eigenvalue weighted by atomic mass is 16.6. The lowest BCUT2D eigenvalue weighted by molar-refractivity contribution is -0.385. The van der Waals surface area contributed by atoms with Crippen LogP contribution in [-0.4, -0.2) is 28.8 Å². The van der Waals surface area contributed by atoms with Crippen LogP contribution in [0, 0.1) is 10.1 Å². The van der Waals surface area contributed by atoms with Crippen molar-refractivity contribution in [1.29, 1.82) is 0 Å². The van der Waals surface area contributed by atoms with Crippen molar-refractivity contribution in [2.75, 3.05) is 18.5 Å². The molecule has 6 nitrogen and oxygen atoms in total. The van der Waals surface area contributed by atoms with Crippen molar-refractivity contribution in [3.8, 4) is 5.75 Å². The van der Waals surface area contributed by atoms with Crippen LogP contribution < -0.4 is 10.1 Å². The van der Waals surface area contributed by atoms with Gasteiger partial charge in [-0.3, -0.25) is 10.1 Å². The summed E-state index contributed by atoms with van der Waals surface area (Å²) in [5.41, 5.74) is -0.329. The predicted molar refractivity (Wildman–Crippen MR) is 78.3 cm³/mol. The SMILES string of the molecule is CCCOc1cccc(NC(C)(CC)CO)c1[N+](=O)[O-]. The number of hydrogen-bond donors (Lipinski definition) is 2. The van der Waals surface area contributed by atoms with E-state index in [9.17, 15) is 15.2 Å². The van der Waals surface area contributed by atoms with Gasteiger partial charge in [0.05, 0.1) is 23.7 Å². The minimum Gasteiger partial charge on any atom is -0.487 e. The van der Waals surface area contributed by atoms with E-state index in [1.807, 2.05) is 20.8 Å². The molecule has 1 unspecified atom stereocenters. The Bertz CT molecular complexity index is 458. The van der Waals surface area contributed by atoms with Gasteiger partial charge in [0.25, 0.3) is 0 Å². The second-order valence-corrected chi connectivity index (χ2v) is 4.96. The van der Waals surface area contributed by atoms with Gasteiger partial charge < -0.3 is 15.2 Å². The summed E-state index contributed by atoms with van der Waals surface area (Å²) in [7, 11) is 0. The Morgan fingerprint density at radius 3 is 2.65 bits per heavy atom. The van der Waals surface area contributed by atoms with Crippen LogP contribution in [0.5, 0.6) is 5.75 Å². The molecule has 0 saturated carbocycles. The summed E-state index contributed by atoms with van der Waals surface area (Å²) in [6.07, 6.45) is 1.42. The number of nitrogens with one attached hydrogen (secondary N) is 1. The van der Waals surface area contributed by atoms with Crippen molar-refractivity contribution in [2.45, 2.75) is 39.2 Å². The molecule has 0 heterocycles. The summed E-state index contributed by atoms with van der Waals surface area (Å²) in [6, 6.07) is 4.91. The van der Waals surface area contributed by atoms with Gasteiger partial charge in [0.1, 0.15) is 5.69 Å². The molecule has 1 atom stereocenters. The number of rotatable bonds is 8. The van der Waals surface area contributed by atoms with E-state index in [-0.39, 0.29) is 18.0 Å². The third-order valence-electron chi connectivity index (χ3n) is 3.21. The number of nitrogens with zero attached hydrogens (tertiary/aromatic N) is 1. The molecule has 1 aromatic rings. The quantitative estimate of drug-likeness (QED) is 0.565. The summed E-state index contributed by atoms with van der Waals surface area (Å²) < 4.78 is 5.43. The molecule has 0 amide bonds. The van der Waals surface area contributed by atoms with Crippen molar-refractivity contribution in [2.24, 2.45) is 0 Å². The molecule has 0 bridgehead atoms. The predicted octanol–water partition coefficient (Wildman–Crippen LogP) is 2.96. The molecule has 0 aliphatic rings. The molecule has 1 aromatic carbocycles. The minimum atomic E-state index is -0.603. The molecule has 0 aliphatic heterocycles. The molecule has 0 radical (unpaired) electrons. The van der Waals surface area contributed by atoms with Crippen LogP contribution in [0.3, 0.4) is 0 Å². The number of nitro benzene ring substituents is 1. The Balaban J connectivity index is 3.15. The highest BCUT2D eigenvalue weighted by molar-refractivity contribution is 5.69. The van der Waals surface area contributed by atoms with Crippen LogP contribution >= 0.6 is 0 Å². The lowest BCUT2D eigenvalue weighted by atomic mass is 9.99. The fourth-order valence-electron chi connectivity index (χ4n) is 1.70. The number of ether oxygens (including phenoxy) is 1. The molecule has 1 rings (SSSR count). The molecule has 2 N–H and O–H groups in total. The van der Waals surface area contributed by atoms with E-state index in [4.69, 9.17) is 4.74 Å². The maximum atomic E-state index is 11.3. The molecule has 0 spiro atoms. The molecule has 6 heteroatoms. The van der Waals surface area contributed by atoms with E-state index in [1.165, 1.54) is 0 Å². The summed E-state index contributed by atoms with van der Waals surface area (Å²) in [5.74, 6) is 0.248. The maximum Gasteiger partial charge on any atom is 0.333 e. The molecule has 0 aliphatic carbocycles. The van der Waals surface area contributed by atoms with Crippen LogP contribution in [0.25, 0.3) is 0 Å². The van der Waals surface area contributed by atoms with Gasteiger partial charge in [0, 0.05) is 0 Å². The van der Waals surface area contributed by atoms with Gasteiger partial charge in [-0.15, -0.1) is 0 Å². The first-order valence-electron chi connectivity index (χ1n) is 6.76. The normalized spacial score (nSPS) is 13.6. The molecule has 20 heavy (non-hydrogen) atoms. The topological polar surface area (TPSA) is 84.6 Å². The standard InChI is InChI=1S/C14H22N2O4/c1-4-9-20-12-8-6-7-11(13(12)16(18)19)15-14(3,5-2)10-17/h6-8,15,17H,4-5,9-10H2,1-3H3. The molecule has 0 fully saturated rings. The van der Waals surface area contributed by atoms with Crippen molar-refractivity contribution in [1.82, 2.24) is 0 Å². The molecular weight excluding hydrogens is 260 g/mol. The third-order valence-corrected chi connectivity index (χ3v) is 3.21. The molecule has 112 valence electrons. The monoisotopic (exact) mass is 282 g/mol. The highest BCUT2D eigenvalue weighted by Gasteiger charge is 2.27. The van der Waals surface area contributed by atoms with Gasteiger partial charge in [-0.05, 0) is 31.9 Å². The van der Waals surface area contributed by atoms with E-state index in [0.717, 1.165) is 6.42 Å². The summed E-state index contributed by atoms with van der Waals surface area (Å²) >= 11 is 0. The van der Waals surface area contributed by atoms with Crippen LogP contribution in [0.2, 0.25) is 0 Å². The first-order valence-corrected chi connectivity index (χ1v) is 6.76. The third kappa shape index (κ3) is 3.84. The average Bonchev–Trinajstić information content (AvgIpc) is 2.44. The molecular formula is C14H22N2O4. The number of hydrogen-bond acceptors (Lipinski definition) is 5. The summed E-state index contributed by atoms with van der Waals surface area (Å²) in [6.45, 7) is 5.98. The number of benzene rings is 1. The lowest BCUT2D eigenvalue weighted by Crippen LogP contribution is -2.38. The van der Waals surface area contributed by atoms with Crippen LogP contribution in [0.1, 0.15) is 33.6 Å². The van der Waals surface area contributed by atoms with Gasteiger partial charge in [-0.2, -0.15) is 0 Å². The van der Waals surface area contributed by atoms with Crippen molar-refractivity contribution in [3.63, 3.8) is 0 Å². The van der Waals surface area contributed by atoms with E-state index in [2.05, 4.69) is 5.32 Å². The van der Waals surface area contributed by atoms with Gasteiger partial charge in [-0.25, -0.2) is 0 Å². The van der Waals surface area contributed by atoms with Crippen LogP contribution in [0.15, 0.2) is 18.2 Å². The van der Waals surface area contributed by atoms with Crippen LogP contribution in [0.4, 0.5) is 11.4 Å². The molecule has 0 saturated heterocycles. The van der Waals surface area contributed by atoms with Crippen molar-refractivity contribution < 1.29 is 14.8 Å². The van der Waals surface area contributed by atoms with Gasteiger partial charge in [0.15, 0.2) is 5.75 Å². The van der Waals surface area contributed by atoms with Crippen molar-refractivity contribution >= 4 is 11.4 Å². The van der Waals surface area contributed by atoms with E-state index in [0.29, 0.717) is 18.7 Å². The van der Waals surface area contributed by atoms with E-state index in [1.54, 1.807) is 18.2 Å². The fourth-order valence-corrected chi connectivity index (χ4v) is 1.70. The number of para-hydroxylation sites is 1. The van der Waals surface area contributed by atoms with E-state index >= 15 is 0 Å². The smallest absolute Gasteiger partial charge is 0.333 e. The Kier molecular flexibility index (Phi) is 5.76. The Labute approximate surface area is 118 Å². The van der Waals surface area contributed by atoms with Crippen LogP contribution in [-0.2, 0) is 0 Å². The number of aliphatic hydroxyl groups excluding tert-OH is 1. The van der Waals surface area contributed by atoms with Gasteiger partial charge >= 0.3 is 5.69 Å². The number of anilines is 1. The lowest BCUT2D eigenvalue weighted by Gasteiger charge is -2.28. The minimum absolute atomic E-state index is 0.0888. The maximum absolute atomic E-state index is 11.3. The van der Waals surface area contributed by atoms with Gasteiger partial charge in [0.2, 0.25) is 0 Å². The Hall–Kier alpha value is -1.82. The second-order valence-electron chi connectivity index (χ2n) is 4.96. The zero-order valence-electron chi connectivity index (χ0n) is 12.2. The second kappa shape index (κ2) is 7.09. The van der Waals surface area contributed by atoms with Crippen molar-refractivity contribution in [3.05, 3.63) is 28.3 Å². The number of aliphatic hydroxyl groups is 1. The first kappa shape index (κ1) is 16.2. The largest absolute Gasteiger partial charge is 0.487 e. The zero-order chi connectivity index (χ0) is 15.2. The summed E-state index contributed by atoms with van der Waals surface area (Å²) in [4.78, 5) is 10.8. The zero-order valence-corrected chi connectivity index (χ0v) is 12.2.